The number of likely N-dealkylation sites (tertiary alicyclic amines) is 1. The molecule has 0 atom stereocenters. The summed E-state index contributed by atoms with van der Waals surface area (Å²) in [5.74, 6) is 1.16. The molecule has 1 fully saturated rings. The van der Waals surface area contributed by atoms with Gasteiger partial charge in [0, 0.05) is 12.1 Å². The summed E-state index contributed by atoms with van der Waals surface area (Å²) in [5, 5.41) is 0. The smallest absolute Gasteiger partial charge is 0.248 e. The average molecular weight is 338 g/mol. The molecule has 1 aliphatic heterocycles. The standard InChI is InChI=1S/C21H26N2O2/c22-21(24)19-6-8-20(9-7-19)25-15-14-23-12-10-18(11-13-23)16-17-4-2-1-3-5-17/h1-9,18H,10-16H2,(H2,22,24). The van der Waals surface area contributed by atoms with Crippen LogP contribution in [0.15, 0.2) is 54.6 Å². The third-order valence-corrected chi connectivity index (χ3v) is 4.89. The van der Waals surface area contributed by atoms with Crippen molar-refractivity contribution in [3.8, 4) is 5.75 Å². The third-order valence-electron chi connectivity index (χ3n) is 4.89. The summed E-state index contributed by atoms with van der Waals surface area (Å²) in [4.78, 5) is 13.5. The van der Waals surface area contributed by atoms with Crippen LogP contribution < -0.4 is 10.5 Å². The van der Waals surface area contributed by atoms with Gasteiger partial charge >= 0.3 is 0 Å². The van der Waals surface area contributed by atoms with Crippen molar-refractivity contribution in [2.45, 2.75) is 19.3 Å². The molecule has 0 unspecified atom stereocenters. The Hall–Kier alpha value is -2.33. The van der Waals surface area contributed by atoms with Crippen LogP contribution in [0.25, 0.3) is 0 Å². The molecule has 2 N–H and O–H groups in total. The number of hydrogen-bond donors (Lipinski definition) is 1. The van der Waals surface area contributed by atoms with Gasteiger partial charge in [-0.15, -0.1) is 0 Å². The van der Waals surface area contributed by atoms with Gasteiger partial charge < -0.3 is 10.5 Å². The molecule has 4 nitrogen and oxygen atoms in total. The molecule has 0 saturated carbocycles. The lowest BCUT2D eigenvalue weighted by Crippen LogP contribution is -2.37. The van der Waals surface area contributed by atoms with Crippen LogP contribution in [0.2, 0.25) is 0 Å². The van der Waals surface area contributed by atoms with Crippen LogP contribution in [0.1, 0.15) is 28.8 Å². The van der Waals surface area contributed by atoms with Crippen molar-refractivity contribution in [2.75, 3.05) is 26.2 Å². The van der Waals surface area contributed by atoms with E-state index in [0.717, 1.165) is 31.3 Å². The zero-order valence-electron chi connectivity index (χ0n) is 14.6. The molecule has 2 aromatic carbocycles. The highest BCUT2D eigenvalue weighted by molar-refractivity contribution is 5.92. The van der Waals surface area contributed by atoms with Crippen molar-refractivity contribution in [1.29, 1.82) is 0 Å². The van der Waals surface area contributed by atoms with Crippen molar-refractivity contribution in [2.24, 2.45) is 11.7 Å². The quantitative estimate of drug-likeness (QED) is 0.844. The molecule has 0 spiro atoms. The van der Waals surface area contributed by atoms with Crippen molar-refractivity contribution >= 4 is 5.91 Å². The second-order valence-corrected chi connectivity index (χ2v) is 6.71. The number of carbonyl (C=O) groups excluding carboxylic acids is 1. The minimum Gasteiger partial charge on any atom is -0.492 e. The highest BCUT2D eigenvalue weighted by atomic mass is 16.5. The molecule has 2 aromatic rings. The second-order valence-electron chi connectivity index (χ2n) is 6.71. The van der Waals surface area contributed by atoms with Gasteiger partial charge in [0.1, 0.15) is 12.4 Å². The maximum Gasteiger partial charge on any atom is 0.248 e. The summed E-state index contributed by atoms with van der Waals surface area (Å²) in [7, 11) is 0. The SMILES string of the molecule is NC(=O)c1ccc(OCCN2CCC(Cc3ccccc3)CC2)cc1. The van der Waals surface area contributed by atoms with Crippen LogP contribution >= 0.6 is 0 Å². The van der Waals surface area contributed by atoms with Gasteiger partial charge in [-0.1, -0.05) is 30.3 Å². The van der Waals surface area contributed by atoms with Crippen molar-refractivity contribution < 1.29 is 9.53 Å². The van der Waals surface area contributed by atoms with Crippen LogP contribution in [0, 0.1) is 5.92 Å². The predicted molar refractivity (Wildman–Crippen MR) is 99.8 cm³/mol. The molecule has 1 aliphatic rings. The van der Waals surface area contributed by atoms with E-state index in [9.17, 15) is 4.79 Å². The summed E-state index contributed by atoms with van der Waals surface area (Å²) < 4.78 is 5.77. The zero-order chi connectivity index (χ0) is 17.5. The molecule has 1 saturated heterocycles. The largest absolute Gasteiger partial charge is 0.492 e. The van der Waals surface area contributed by atoms with Gasteiger partial charge in [0.05, 0.1) is 0 Å². The lowest BCUT2D eigenvalue weighted by molar-refractivity contribution is 0.1000. The molecule has 0 aromatic heterocycles. The van der Waals surface area contributed by atoms with E-state index in [2.05, 4.69) is 35.2 Å². The van der Waals surface area contributed by atoms with Crippen LogP contribution in [-0.4, -0.2) is 37.0 Å². The number of amides is 1. The van der Waals surface area contributed by atoms with Crippen LogP contribution in [0.4, 0.5) is 0 Å². The van der Waals surface area contributed by atoms with E-state index < -0.39 is 5.91 Å². The van der Waals surface area contributed by atoms with Gasteiger partial charge in [0.2, 0.25) is 5.91 Å². The minimum absolute atomic E-state index is 0.412. The van der Waals surface area contributed by atoms with Crippen LogP contribution in [0.5, 0.6) is 5.75 Å². The highest BCUT2D eigenvalue weighted by Crippen LogP contribution is 2.21. The van der Waals surface area contributed by atoms with Gasteiger partial charge in [-0.2, -0.15) is 0 Å². The molecule has 0 bridgehead atoms. The first-order chi connectivity index (χ1) is 12.2. The number of nitrogens with two attached hydrogens (primary N) is 1. The first kappa shape index (κ1) is 17.5. The molecule has 0 radical (unpaired) electrons. The maximum atomic E-state index is 11.0. The zero-order valence-corrected chi connectivity index (χ0v) is 14.6. The fraction of sp³-hybridized carbons (Fsp3) is 0.381. The molecular formula is C21H26N2O2. The van der Waals surface area contributed by atoms with Gasteiger partial charge in [-0.05, 0) is 68.1 Å². The predicted octanol–water partition coefficient (Wildman–Crippen LogP) is 3.12. The Bertz CT molecular complexity index is 662. The van der Waals surface area contributed by atoms with E-state index in [-0.39, 0.29) is 0 Å². The number of piperidine rings is 1. The van der Waals surface area contributed by atoms with E-state index in [0.29, 0.717) is 12.2 Å². The summed E-state index contributed by atoms with van der Waals surface area (Å²) >= 11 is 0. The van der Waals surface area contributed by atoms with Gasteiger partial charge in [0.25, 0.3) is 0 Å². The van der Waals surface area contributed by atoms with E-state index in [1.54, 1.807) is 24.3 Å². The number of carbonyl (C=O) groups is 1. The summed E-state index contributed by atoms with van der Waals surface area (Å²) in [5.41, 5.74) is 7.19. The Morgan fingerprint density at radius 1 is 1.04 bits per heavy atom. The normalized spacial score (nSPS) is 15.8. The average Bonchev–Trinajstić information content (AvgIpc) is 2.64. The van der Waals surface area contributed by atoms with Gasteiger partial charge in [-0.25, -0.2) is 0 Å². The Kier molecular flexibility index (Phi) is 6.07. The van der Waals surface area contributed by atoms with Crippen molar-refractivity contribution in [1.82, 2.24) is 4.90 Å². The Morgan fingerprint density at radius 2 is 1.72 bits per heavy atom. The first-order valence-corrected chi connectivity index (χ1v) is 8.99. The lowest BCUT2D eigenvalue weighted by Gasteiger charge is -2.31. The van der Waals surface area contributed by atoms with Gasteiger partial charge in [-0.3, -0.25) is 9.69 Å². The van der Waals surface area contributed by atoms with Crippen molar-refractivity contribution in [3.63, 3.8) is 0 Å². The monoisotopic (exact) mass is 338 g/mol. The van der Waals surface area contributed by atoms with Gasteiger partial charge in [0.15, 0.2) is 0 Å². The number of hydrogen-bond acceptors (Lipinski definition) is 3. The first-order valence-electron chi connectivity index (χ1n) is 8.99. The Labute approximate surface area is 149 Å². The topological polar surface area (TPSA) is 55.6 Å². The molecule has 1 amide bonds. The summed E-state index contributed by atoms with van der Waals surface area (Å²) in [6, 6.07) is 17.8. The summed E-state index contributed by atoms with van der Waals surface area (Å²) in [6.07, 6.45) is 3.70. The maximum absolute atomic E-state index is 11.0. The van der Waals surface area contributed by atoms with E-state index >= 15 is 0 Å². The fourth-order valence-electron chi connectivity index (χ4n) is 3.37. The number of ether oxygens (including phenoxy) is 1. The molecule has 25 heavy (non-hydrogen) atoms. The number of rotatable bonds is 7. The number of nitrogens with zero attached hydrogens (tertiary/aromatic N) is 1. The molecule has 3 rings (SSSR count). The van der Waals surface area contributed by atoms with E-state index in [4.69, 9.17) is 10.5 Å². The fourth-order valence-corrected chi connectivity index (χ4v) is 3.37. The molecule has 132 valence electrons. The summed E-state index contributed by atoms with van der Waals surface area (Å²) in [6.45, 7) is 3.89. The molecule has 0 aliphatic carbocycles. The third kappa shape index (κ3) is 5.33. The van der Waals surface area contributed by atoms with Crippen LogP contribution in [0.3, 0.4) is 0 Å². The highest BCUT2D eigenvalue weighted by Gasteiger charge is 2.19. The van der Waals surface area contributed by atoms with E-state index in [1.165, 1.54) is 24.8 Å². The van der Waals surface area contributed by atoms with E-state index in [1.807, 2.05) is 0 Å². The lowest BCUT2D eigenvalue weighted by atomic mass is 9.90. The molecular weight excluding hydrogens is 312 g/mol. The Balaban J connectivity index is 1.36. The minimum atomic E-state index is -0.412. The second kappa shape index (κ2) is 8.67. The molecule has 1 heterocycles. The van der Waals surface area contributed by atoms with Crippen LogP contribution in [-0.2, 0) is 6.42 Å². The Morgan fingerprint density at radius 3 is 2.36 bits per heavy atom. The van der Waals surface area contributed by atoms with Crippen molar-refractivity contribution in [3.05, 3.63) is 65.7 Å². The number of benzene rings is 2. The number of primary amides is 1. The molecule has 4 heteroatoms.